The van der Waals surface area contributed by atoms with Gasteiger partial charge < -0.3 is 11.1 Å². The lowest BCUT2D eigenvalue weighted by atomic mass is 10.0. The Morgan fingerprint density at radius 2 is 2.24 bits per heavy atom. The Hall–Kier alpha value is -2.58. The van der Waals surface area contributed by atoms with Crippen molar-refractivity contribution in [3.05, 3.63) is 52.8 Å². The molecular formula is C16H18N4O. The smallest absolute Gasteiger partial charge is 0.251 e. The minimum Gasteiger partial charge on any atom is -0.346 e. The first-order valence-corrected chi connectivity index (χ1v) is 6.66. The lowest BCUT2D eigenvalue weighted by Gasteiger charge is -2.07. The molecule has 0 fully saturated rings. The molecule has 0 unspecified atom stereocenters. The molecule has 0 spiro atoms. The summed E-state index contributed by atoms with van der Waals surface area (Å²) in [5.41, 5.74) is 8.78. The van der Waals surface area contributed by atoms with Crippen LogP contribution < -0.4 is 11.1 Å². The summed E-state index contributed by atoms with van der Waals surface area (Å²) in [4.78, 5) is 12.1. The van der Waals surface area contributed by atoms with Gasteiger partial charge in [0, 0.05) is 24.4 Å². The number of benzene rings is 1. The maximum absolute atomic E-state index is 12.1. The molecule has 0 bridgehead atoms. The van der Waals surface area contributed by atoms with E-state index in [9.17, 15) is 4.79 Å². The minimum atomic E-state index is -0.113. The lowest BCUT2D eigenvalue weighted by Crippen LogP contribution is -2.24. The number of aromatic nitrogens is 2. The third-order valence-corrected chi connectivity index (χ3v) is 3.17. The topological polar surface area (TPSA) is 72.9 Å². The summed E-state index contributed by atoms with van der Waals surface area (Å²) in [5.74, 6) is 5.68. The van der Waals surface area contributed by atoms with Crippen molar-refractivity contribution >= 4 is 5.91 Å². The van der Waals surface area contributed by atoms with Crippen LogP contribution in [0.4, 0.5) is 0 Å². The molecule has 0 aliphatic carbocycles. The van der Waals surface area contributed by atoms with Crippen molar-refractivity contribution in [2.75, 3.05) is 6.54 Å². The monoisotopic (exact) mass is 282 g/mol. The molecule has 108 valence electrons. The number of amides is 1. The van der Waals surface area contributed by atoms with E-state index < -0.39 is 0 Å². The molecule has 1 aromatic carbocycles. The normalized spacial score (nSPS) is 9.86. The number of nitrogens with zero attached hydrogens (tertiary/aromatic N) is 2. The van der Waals surface area contributed by atoms with Crippen LogP contribution in [0.25, 0.3) is 0 Å². The molecule has 1 aromatic heterocycles. The largest absolute Gasteiger partial charge is 0.346 e. The quantitative estimate of drug-likeness (QED) is 0.824. The fourth-order valence-electron chi connectivity index (χ4n) is 1.94. The van der Waals surface area contributed by atoms with Gasteiger partial charge in [0.2, 0.25) is 0 Å². The summed E-state index contributed by atoms with van der Waals surface area (Å²) >= 11 is 0. The molecule has 5 heteroatoms. The van der Waals surface area contributed by atoms with E-state index >= 15 is 0 Å². The predicted molar refractivity (Wildman–Crippen MR) is 81.5 cm³/mol. The molecule has 0 saturated carbocycles. The van der Waals surface area contributed by atoms with Gasteiger partial charge in [0.25, 0.3) is 5.91 Å². The Kier molecular flexibility index (Phi) is 4.75. The molecule has 1 amide bonds. The van der Waals surface area contributed by atoms with Gasteiger partial charge in [0.05, 0.1) is 18.8 Å². The highest BCUT2D eigenvalue weighted by atomic mass is 16.1. The number of carbonyl (C=O) groups is 1. The van der Waals surface area contributed by atoms with Crippen LogP contribution in [-0.4, -0.2) is 22.2 Å². The predicted octanol–water partition coefficient (Wildman–Crippen LogP) is 0.969. The van der Waals surface area contributed by atoms with E-state index in [2.05, 4.69) is 22.3 Å². The van der Waals surface area contributed by atoms with E-state index in [1.165, 1.54) is 0 Å². The van der Waals surface area contributed by atoms with Gasteiger partial charge in [-0.3, -0.25) is 9.48 Å². The summed E-state index contributed by atoms with van der Waals surface area (Å²) in [7, 11) is 1.84. The van der Waals surface area contributed by atoms with Crippen LogP contribution in [0, 0.1) is 18.8 Å². The van der Waals surface area contributed by atoms with Gasteiger partial charge in [-0.05, 0) is 36.8 Å². The highest BCUT2D eigenvalue weighted by Crippen LogP contribution is 2.10. The van der Waals surface area contributed by atoms with Crippen molar-refractivity contribution in [3.8, 4) is 11.8 Å². The average Bonchev–Trinajstić information content (AvgIpc) is 2.88. The SMILES string of the molecule is Cc1cc(C(=O)NCc2ccnn2C)ccc1C#CCN. The van der Waals surface area contributed by atoms with Crippen molar-refractivity contribution in [1.29, 1.82) is 0 Å². The third kappa shape index (κ3) is 3.71. The van der Waals surface area contributed by atoms with E-state index in [1.54, 1.807) is 16.9 Å². The Morgan fingerprint density at radius 3 is 2.86 bits per heavy atom. The van der Waals surface area contributed by atoms with Crippen LogP contribution >= 0.6 is 0 Å². The summed E-state index contributed by atoms with van der Waals surface area (Å²) in [6.45, 7) is 2.70. The number of hydrogen-bond donors (Lipinski definition) is 2. The number of hydrogen-bond acceptors (Lipinski definition) is 3. The van der Waals surface area contributed by atoms with E-state index in [0.29, 0.717) is 18.7 Å². The van der Waals surface area contributed by atoms with Gasteiger partial charge in [0.1, 0.15) is 0 Å². The highest BCUT2D eigenvalue weighted by Gasteiger charge is 2.08. The first-order valence-electron chi connectivity index (χ1n) is 6.66. The van der Waals surface area contributed by atoms with Gasteiger partial charge in [-0.15, -0.1) is 0 Å². The first-order chi connectivity index (χ1) is 10.1. The molecule has 0 aliphatic heterocycles. The van der Waals surface area contributed by atoms with E-state index in [0.717, 1.165) is 16.8 Å². The van der Waals surface area contributed by atoms with Gasteiger partial charge >= 0.3 is 0 Å². The first kappa shape index (κ1) is 14.8. The van der Waals surface area contributed by atoms with Gasteiger partial charge in [-0.2, -0.15) is 5.10 Å². The zero-order valence-corrected chi connectivity index (χ0v) is 12.2. The second-order valence-electron chi connectivity index (χ2n) is 4.66. The summed E-state index contributed by atoms with van der Waals surface area (Å²) < 4.78 is 1.73. The minimum absolute atomic E-state index is 0.113. The number of rotatable bonds is 3. The number of nitrogens with two attached hydrogens (primary N) is 1. The fourth-order valence-corrected chi connectivity index (χ4v) is 1.94. The van der Waals surface area contributed by atoms with E-state index in [1.807, 2.05) is 32.2 Å². The maximum Gasteiger partial charge on any atom is 0.251 e. The maximum atomic E-state index is 12.1. The molecule has 0 atom stereocenters. The van der Waals surface area contributed by atoms with Crippen molar-refractivity contribution in [2.45, 2.75) is 13.5 Å². The Morgan fingerprint density at radius 1 is 1.43 bits per heavy atom. The van der Waals surface area contributed by atoms with E-state index in [4.69, 9.17) is 5.73 Å². The molecule has 2 rings (SSSR count). The lowest BCUT2D eigenvalue weighted by molar-refractivity contribution is 0.0950. The standard InChI is InChI=1S/C16H18N4O/c1-12-10-14(6-5-13(12)4-3-8-17)16(21)18-11-15-7-9-19-20(15)2/h5-7,9-10H,8,11,17H2,1-2H3,(H,18,21). The summed E-state index contributed by atoms with van der Waals surface area (Å²) in [6, 6.07) is 7.32. The van der Waals surface area contributed by atoms with Crippen LogP contribution in [0.3, 0.4) is 0 Å². The Labute approximate surface area is 124 Å². The number of carbonyl (C=O) groups excluding carboxylic acids is 1. The zero-order chi connectivity index (χ0) is 15.2. The summed E-state index contributed by atoms with van der Waals surface area (Å²) in [6.07, 6.45) is 1.70. The molecular weight excluding hydrogens is 264 g/mol. The second kappa shape index (κ2) is 6.73. The third-order valence-electron chi connectivity index (χ3n) is 3.17. The van der Waals surface area contributed by atoms with Crippen LogP contribution in [-0.2, 0) is 13.6 Å². The van der Waals surface area contributed by atoms with Gasteiger partial charge in [0.15, 0.2) is 0 Å². The zero-order valence-electron chi connectivity index (χ0n) is 12.2. The number of nitrogens with one attached hydrogen (secondary N) is 1. The van der Waals surface area contributed by atoms with Crippen LogP contribution in [0.5, 0.6) is 0 Å². The molecule has 0 aliphatic rings. The second-order valence-corrected chi connectivity index (χ2v) is 4.66. The van der Waals surface area contributed by atoms with Crippen molar-refractivity contribution < 1.29 is 4.79 Å². The summed E-state index contributed by atoms with van der Waals surface area (Å²) in [5, 5.41) is 6.94. The fraction of sp³-hybridized carbons (Fsp3) is 0.250. The molecule has 3 N–H and O–H groups in total. The van der Waals surface area contributed by atoms with Crippen LogP contribution in [0.1, 0.15) is 27.2 Å². The number of aryl methyl sites for hydroxylation is 2. The van der Waals surface area contributed by atoms with Crippen molar-refractivity contribution in [3.63, 3.8) is 0 Å². The average molecular weight is 282 g/mol. The van der Waals surface area contributed by atoms with Crippen molar-refractivity contribution in [1.82, 2.24) is 15.1 Å². The molecule has 5 nitrogen and oxygen atoms in total. The van der Waals surface area contributed by atoms with Crippen molar-refractivity contribution in [2.24, 2.45) is 12.8 Å². The highest BCUT2D eigenvalue weighted by molar-refractivity contribution is 5.94. The van der Waals surface area contributed by atoms with Crippen LogP contribution in [0.15, 0.2) is 30.5 Å². The molecule has 0 saturated heterocycles. The molecule has 2 aromatic rings. The molecule has 21 heavy (non-hydrogen) atoms. The van der Waals surface area contributed by atoms with E-state index in [-0.39, 0.29) is 5.91 Å². The van der Waals surface area contributed by atoms with Gasteiger partial charge in [-0.25, -0.2) is 0 Å². The molecule has 1 heterocycles. The van der Waals surface area contributed by atoms with Crippen LogP contribution in [0.2, 0.25) is 0 Å². The Balaban J connectivity index is 2.06. The van der Waals surface area contributed by atoms with Gasteiger partial charge in [-0.1, -0.05) is 11.8 Å². The molecule has 0 radical (unpaired) electrons. The Bertz CT molecular complexity index is 707.